The topological polar surface area (TPSA) is 98.7 Å². The minimum atomic E-state index is -0.896. The summed E-state index contributed by atoms with van der Waals surface area (Å²) in [6, 6.07) is -0.553. The molecule has 0 aromatic rings. The minimum absolute atomic E-state index is 0.107. The van der Waals surface area contributed by atoms with Crippen LogP contribution in [0.4, 0.5) is 4.79 Å². The molecule has 1 aliphatic heterocycles. The summed E-state index contributed by atoms with van der Waals surface area (Å²) >= 11 is 0. The molecule has 0 radical (unpaired) electrons. The summed E-state index contributed by atoms with van der Waals surface area (Å²) in [4.78, 5) is 35.3. The number of aliphatic carboxylic acids is 1. The molecule has 3 amide bonds. The molecule has 1 saturated heterocycles. The Balaban J connectivity index is 2.46. The lowest BCUT2D eigenvalue weighted by molar-refractivity contribution is -0.149. The van der Waals surface area contributed by atoms with Crippen LogP contribution in [0.1, 0.15) is 26.2 Å². The van der Waals surface area contributed by atoms with E-state index in [1.807, 2.05) is 0 Å². The molecule has 1 aliphatic rings. The fourth-order valence-corrected chi connectivity index (χ4v) is 2.11. The van der Waals surface area contributed by atoms with Crippen LogP contribution in [0.2, 0.25) is 0 Å². The van der Waals surface area contributed by atoms with E-state index in [0.717, 1.165) is 6.42 Å². The maximum Gasteiger partial charge on any atom is 0.323 e. The second-order valence-corrected chi connectivity index (χ2v) is 4.55. The number of carboxylic acid groups (broad SMARTS) is 1. The molecule has 0 spiro atoms. The Morgan fingerprint density at radius 3 is 2.61 bits per heavy atom. The monoisotopic (exact) mass is 257 g/mol. The molecule has 102 valence electrons. The molecule has 7 heteroatoms. The third kappa shape index (κ3) is 3.19. The van der Waals surface area contributed by atoms with Crippen molar-refractivity contribution in [2.75, 3.05) is 20.1 Å². The highest BCUT2D eigenvalue weighted by atomic mass is 16.4. The average molecular weight is 257 g/mol. The molecule has 0 saturated carbocycles. The molecule has 3 N–H and O–H groups in total. The Bertz CT molecular complexity index is 358. The van der Waals surface area contributed by atoms with Gasteiger partial charge in [0, 0.05) is 20.0 Å². The molecule has 1 heterocycles. The highest BCUT2D eigenvalue weighted by Crippen LogP contribution is 2.29. The number of carbonyl (C=O) groups is 3. The molecular weight excluding hydrogens is 238 g/mol. The molecule has 1 fully saturated rings. The number of likely N-dealkylation sites (tertiary alicyclic amines) is 1. The van der Waals surface area contributed by atoms with Gasteiger partial charge in [-0.1, -0.05) is 0 Å². The number of carbonyl (C=O) groups excluding carboxylic acids is 2. The highest BCUT2D eigenvalue weighted by molar-refractivity contribution is 5.94. The number of amides is 3. The van der Waals surface area contributed by atoms with Crippen LogP contribution < -0.4 is 10.6 Å². The van der Waals surface area contributed by atoms with Crippen LogP contribution in [-0.2, 0) is 9.59 Å². The number of rotatable bonds is 4. The van der Waals surface area contributed by atoms with E-state index in [2.05, 4.69) is 10.6 Å². The molecule has 0 aliphatic carbocycles. The van der Waals surface area contributed by atoms with Gasteiger partial charge in [0.25, 0.3) is 0 Å². The van der Waals surface area contributed by atoms with Gasteiger partial charge in [-0.05, 0) is 26.3 Å². The number of hydrogen-bond donors (Lipinski definition) is 3. The second kappa shape index (κ2) is 5.81. The quantitative estimate of drug-likeness (QED) is 0.646. The third-order valence-electron chi connectivity index (χ3n) is 3.34. The number of urea groups is 1. The van der Waals surface area contributed by atoms with Crippen molar-refractivity contribution in [3.05, 3.63) is 0 Å². The van der Waals surface area contributed by atoms with Gasteiger partial charge in [0.2, 0.25) is 5.91 Å². The van der Waals surface area contributed by atoms with Gasteiger partial charge in [-0.3, -0.25) is 19.8 Å². The lowest BCUT2D eigenvalue weighted by Crippen LogP contribution is -2.49. The SMILES string of the molecule is CNC(=O)NC(=O)CCN1CCCC1(C)C(=O)O. The summed E-state index contributed by atoms with van der Waals surface area (Å²) in [6.07, 6.45) is 1.50. The molecule has 1 unspecified atom stereocenters. The van der Waals surface area contributed by atoms with Crippen LogP contribution in [0.3, 0.4) is 0 Å². The number of nitrogens with one attached hydrogen (secondary N) is 2. The van der Waals surface area contributed by atoms with E-state index in [4.69, 9.17) is 0 Å². The molecule has 18 heavy (non-hydrogen) atoms. The number of imide groups is 1. The largest absolute Gasteiger partial charge is 0.480 e. The highest BCUT2D eigenvalue weighted by Gasteiger charge is 2.43. The molecular formula is C11H19N3O4. The zero-order valence-electron chi connectivity index (χ0n) is 10.7. The lowest BCUT2D eigenvalue weighted by atomic mass is 9.99. The first-order chi connectivity index (χ1) is 8.40. The summed E-state index contributed by atoms with van der Waals surface area (Å²) in [6.45, 7) is 2.67. The summed E-state index contributed by atoms with van der Waals surface area (Å²) in [7, 11) is 1.42. The van der Waals surface area contributed by atoms with Crippen LogP contribution in [-0.4, -0.2) is 53.6 Å². The van der Waals surface area contributed by atoms with Crippen LogP contribution >= 0.6 is 0 Å². The molecule has 0 aromatic carbocycles. The number of nitrogens with zero attached hydrogens (tertiary/aromatic N) is 1. The van der Waals surface area contributed by atoms with Crippen molar-refractivity contribution in [2.45, 2.75) is 31.7 Å². The first-order valence-corrected chi connectivity index (χ1v) is 5.90. The standard InChI is InChI=1S/C11H19N3O4/c1-11(9(16)17)5-3-6-14(11)7-4-8(15)13-10(18)12-2/h3-7H2,1-2H3,(H,16,17)(H2,12,13,15,18). The van der Waals surface area contributed by atoms with Gasteiger partial charge in [0.05, 0.1) is 0 Å². The van der Waals surface area contributed by atoms with Crippen LogP contribution in [0.5, 0.6) is 0 Å². The second-order valence-electron chi connectivity index (χ2n) is 4.55. The van der Waals surface area contributed by atoms with E-state index in [1.165, 1.54) is 7.05 Å². The van der Waals surface area contributed by atoms with Crippen molar-refractivity contribution in [1.82, 2.24) is 15.5 Å². The number of carboxylic acids is 1. The van der Waals surface area contributed by atoms with E-state index in [1.54, 1.807) is 11.8 Å². The van der Waals surface area contributed by atoms with Gasteiger partial charge in [0.1, 0.15) is 5.54 Å². The Kier molecular flexibility index (Phi) is 4.66. The average Bonchev–Trinajstić information content (AvgIpc) is 2.69. The molecule has 7 nitrogen and oxygen atoms in total. The number of hydrogen-bond acceptors (Lipinski definition) is 4. The summed E-state index contributed by atoms with van der Waals surface area (Å²) < 4.78 is 0. The van der Waals surface area contributed by atoms with E-state index in [9.17, 15) is 19.5 Å². The van der Waals surface area contributed by atoms with Gasteiger partial charge in [-0.25, -0.2) is 4.79 Å². The van der Waals surface area contributed by atoms with E-state index in [-0.39, 0.29) is 6.42 Å². The normalized spacial score (nSPS) is 23.7. The zero-order chi connectivity index (χ0) is 13.8. The summed E-state index contributed by atoms with van der Waals surface area (Å²) in [5, 5.41) is 13.6. The van der Waals surface area contributed by atoms with Gasteiger partial charge in [-0.15, -0.1) is 0 Å². The molecule has 1 rings (SSSR count). The van der Waals surface area contributed by atoms with E-state index in [0.29, 0.717) is 19.5 Å². The van der Waals surface area contributed by atoms with Crippen molar-refractivity contribution in [2.24, 2.45) is 0 Å². The predicted molar refractivity (Wildman–Crippen MR) is 64.1 cm³/mol. The van der Waals surface area contributed by atoms with Crippen molar-refractivity contribution in [3.63, 3.8) is 0 Å². The van der Waals surface area contributed by atoms with Crippen molar-refractivity contribution in [1.29, 1.82) is 0 Å². The first kappa shape index (κ1) is 14.4. The Labute approximate surface area is 106 Å². The van der Waals surface area contributed by atoms with Gasteiger partial charge in [-0.2, -0.15) is 0 Å². The smallest absolute Gasteiger partial charge is 0.323 e. The fourth-order valence-electron chi connectivity index (χ4n) is 2.11. The maximum absolute atomic E-state index is 11.4. The first-order valence-electron chi connectivity index (χ1n) is 5.90. The van der Waals surface area contributed by atoms with Crippen LogP contribution in [0.25, 0.3) is 0 Å². The van der Waals surface area contributed by atoms with Gasteiger partial charge < -0.3 is 10.4 Å². The Morgan fingerprint density at radius 2 is 2.06 bits per heavy atom. The van der Waals surface area contributed by atoms with Crippen LogP contribution in [0.15, 0.2) is 0 Å². The van der Waals surface area contributed by atoms with E-state index >= 15 is 0 Å². The van der Waals surface area contributed by atoms with Crippen molar-refractivity contribution in [3.8, 4) is 0 Å². The van der Waals surface area contributed by atoms with E-state index < -0.39 is 23.4 Å². The van der Waals surface area contributed by atoms with Crippen molar-refractivity contribution >= 4 is 17.9 Å². The van der Waals surface area contributed by atoms with Gasteiger partial charge >= 0.3 is 12.0 Å². The Morgan fingerprint density at radius 1 is 1.39 bits per heavy atom. The fraction of sp³-hybridized carbons (Fsp3) is 0.727. The summed E-state index contributed by atoms with van der Waals surface area (Å²) in [5.74, 6) is -1.28. The van der Waals surface area contributed by atoms with Crippen LogP contribution in [0, 0.1) is 0 Å². The predicted octanol–water partition coefficient (Wildman–Crippen LogP) is -0.229. The molecule has 0 bridgehead atoms. The maximum atomic E-state index is 11.4. The molecule has 0 aromatic heterocycles. The zero-order valence-corrected chi connectivity index (χ0v) is 10.7. The summed E-state index contributed by atoms with van der Waals surface area (Å²) in [5.41, 5.74) is -0.896. The minimum Gasteiger partial charge on any atom is -0.480 e. The Hall–Kier alpha value is -1.63. The molecule has 1 atom stereocenters. The van der Waals surface area contributed by atoms with Gasteiger partial charge in [0.15, 0.2) is 0 Å². The van der Waals surface area contributed by atoms with Crippen molar-refractivity contribution < 1.29 is 19.5 Å². The lowest BCUT2D eigenvalue weighted by Gasteiger charge is -2.30. The third-order valence-corrected chi connectivity index (χ3v) is 3.34.